The second kappa shape index (κ2) is 11.5. The average Bonchev–Trinajstić information content (AvgIpc) is 3.13. The lowest BCUT2D eigenvalue weighted by Gasteiger charge is -2.15. The standard InChI is InChI=1S/C21H23N3O2.2ClH/c1-2-26-21(25)18-13-19(16-8-10-23-11-9-16)24-20(18)17(14-22)12-15-6-4-3-5-7-15;;/h3-11,13,17,24H,2,12,14,22H2,1H3;2*1H. The molecule has 0 aliphatic carbocycles. The van der Waals surface area contributed by atoms with Crippen LogP contribution >= 0.6 is 24.8 Å². The van der Waals surface area contributed by atoms with Gasteiger partial charge in [0.25, 0.3) is 0 Å². The molecule has 0 bridgehead atoms. The lowest BCUT2D eigenvalue weighted by molar-refractivity contribution is 0.0524. The fourth-order valence-electron chi connectivity index (χ4n) is 3.06. The summed E-state index contributed by atoms with van der Waals surface area (Å²) in [5.41, 5.74) is 10.4. The molecule has 1 aromatic carbocycles. The highest BCUT2D eigenvalue weighted by molar-refractivity contribution is 5.93. The minimum Gasteiger partial charge on any atom is -0.462 e. The molecule has 0 saturated carbocycles. The molecular weight excluding hydrogens is 397 g/mol. The number of carbonyl (C=O) groups excluding carboxylic acids is 1. The van der Waals surface area contributed by atoms with Gasteiger partial charge < -0.3 is 15.5 Å². The zero-order chi connectivity index (χ0) is 18.4. The summed E-state index contributed by atoms with van der Waals surface area (Å²) < 4.78 is 5.25. The van der Waals surface area contributed by atoms with E-state index in [2.05, 4.69) is 22.1 Å². The third-order valence-electron chi connectivity index (χ3n) is 4.35. The van der Waals surface area contributed by atoms with Gasteiger partial charge in [-0.1, -0.05) is 30.3 Å². The van der Waals surface area contributed by atoms with E-state index in [0.29, 0.717) is 18.7 Å². The van der Waals surface area contributed by atoms with Gasteiger partial charge in [0.2, 0.25) is 0 Å². The van der Waals surface area contributed by atoms with Crippen molar-refractivity contribution < 1.29 is 9.53 Å². The summed E-state index contributed by atoms with van der Waals surface area (Å²) in [6.45, 7) is 2.57. The molecular formula is C21H25Cl2N3O2. The predicted octanol–water partition coefficient (Wildman–Crippen LogP) is 4.38. The third-order valence-corrected chi connectivity index (χ3v) is 4.35. The lowest BCUT2D eigenvalue weighted by Crippen LogP contribution is -2.18. The summed E-state index contributed by atoms with van der Waals surface area (Å²) in [7, 11) is 0. The third kappa shape index (κ3) is 5.58. The Morgan fingerprint density at radius 3 is 2.43 bits per heavy atom. The van der Waals surface area contributed by atoms with Gasteiger partial charge in [0.1, 0.15) is 0 Å². The maximum atomic E-state index is 12.5. The molecule has 1 unspecified atom stereocenters. The van der Waals surface area contributed by atoms with Crippen LogP contribution in [0, 0.1) is 0 Å². The van der Waals surface area contributed by atoms with Crippen molar-refractivity contribution in [2.75, 3.05) is 13.2 Å². The van der Waals surface area contributed by atoms with E-state index >= 15 is 0 Å². The first kappa shape index (κ1) is 23.7. The Morgan fingerprint density at radius 1 is 1.14 bits per heavy atom. The smallest absolute Gasteiger partial charge is 0.339 e. The molecule has 0 amide bonds. The number of pyridine rings is 1. The number of nitrogens with two attached hydrogens (primary N) is 1. The van der Waals surface area contributed by atoms with Crippen LogP contribution in [0.4, 0.5) is 0 Å². The molecule has 0 fully saturated rings. The Bertz CT molecular complexity index is 855. The van der Waals surface area contributed by atoms with E-state index < -0.39 is 0 Å². The number of benzene rings is 1. The van der Waals surface area contributed by atoms with E-state index in [-0.39, 0.29) is 36.7 Å². The van der Waals surface area contributed by atoms with E-state index in [1.54, 1.807) is 19.3 Å². The first-order chi connectivity index (χ1) is 12.7. The summed E-state index contributed by atoms with van der Waals surface area (Å²) in [4.78, 5) is 19.9. The van der Waals surface area contributed by atoms with E-state index in [1.807, 2.05) is 36.4 Å². The van der Waals surface area contributed by atoms with Gasteiger partial charge >= 0.3 is 5.97 Å². The van der Waals surface area contributed by atoms with Gasteiger partial charge in [-0.05, 0) is 37.1 Å². The van der Waals surface area contributed by atoms with Gasteiger partial charge in [0.05, 0.1) is 12.2 Å². The first-order valence-electron chi connectivity index (χ1n) is 8.77. The number of hydrogen-bond donors (Lipinski definition) is 2. The number of halogens is 2. The van der Waals surface area contributed by atoms with Crippen LogP contribution in [-0.2, 0) is 11.2 Å². The van der Waals surface area contributed by atoms with Crippen molar-refractivity contribution in [1.29, 1.82) is 0 Å². The van der Waals surface area contributed by atoms with Crippen LogP contribution in [0.2, 0.25) is 0 Å². The number of H-pyrrole nitrogens is 1. The van der Waals surface area contributed by atoms with Crippen LogP contribution in [0.1, 0.15) is 34.5 Å². The molecule has 2 aromatic heterocycles. The number of esters is 1. The van der Waals surface area contributed by atoms with Crippen LogP contribution in [0.25, 0.3) is 11.3 Å². The molecule has 7 heteroatoms. The van der Waals surface area contributed by atoms with E-state index in [1.165, 1.54) is 5.56 Å². The number of nitrogens with zero attached hydrogens (tertiary/aromatic N) is 1. The second-order valence-corrected chi connectivity index (χ2v) is 6.09. The van der Waals surface area contributed by atoms with Gasteiger partial charge in [-0.3, -0.25) is 4.98 Å². The average molecular weight is 422 g/mol. The second-order valence-electron chi connectivity index (χ2n) is 6.09. The molecule has 0 radical (unpaired) electrons. The summed E-state index contributed by atoms with van der Waals surface area (Å²) in [6.07, 6.45) is 4.20. The van der Waals surface area contributed by atoms with E-state index in [9.17, 15) is 4.79 Å². The van der Waals surface area contributed by atoms with Crippen molar-refractivity contribution in [1.82, 2.24) is 9.97 Å². The highest BCUT2D eigenvalue weighted by Gasteiger charge is 2.23. The molecule has 5 nitrogen and oxygen atoms in total. The first-order valence-corrected chi connectivity index (χ1v) is 8.77. The van der Waals surface area contributed by atoms with Crippen LogP contribution in [-0.4, -0.2) is 29.1 Å². The molecule has 150 valence electrons. The lowest BCUT2D eigenvalue weighted by atomic mass is 9.94. The Balaban J connectivity index is 0.00000196. The van der Waals surface area contributed by atoms with Crippen molar-refractivity contribution in [2.24, 2.45) is 5.73 Å². The highest BCUT2D eigenvalue weighted by atomic mass is 35.5. The summed E-state index contributed by atoms with van der Waals surface area (Å²) in [6, 6.07) is 15.8. The van der Waals surface area contributed by atoms with Crippen molar-refractivity contribution in [2.45, 2.75) is 19.3 Å². The monoisotopic (exact) mass is 421 g/mol. The molecule has 0 aliphatic rings. The zero-order valence-corrected chi connectivity index (χ0v) is 17.3. The number of hydrogen-bond acceptors (Lipinski definition) is 4. The predicted molar refractivity (Wildman–Crippen MR) is 116 cm³/mol. The molecule has 3 aromatic rings. The molecule has 3 rings (SSSR count). The quantitative estimate of drug-likeness (QED) is 0.554. The minimum atomic E-state index is -0.328. The normalized spacial score (nSPS) is 11.1. The fraction of sp³-hybridized carbons (Fsp3) is 0.238. The maximum absolute atomic E-state index is 12.5. The number of ether oxygens (including phenoxy) is 1. The Hall–Kier alpha value is -2.34. The molecule has 0 spiro atoms. The molecule has 0 saturated heterocycles. The summed E-state index contributed by atoms with van der Waals surface area (Å²) in [5.74, 6) is -0.335. The maximum Gasteiger partial charge on any atom is 0.339 e. The van der Waals surface area contributed by atoms with Crippen LogP contribution < -0.4 is 5.73 Å². The highest BCUT2D eigenvalue weighted by Crippen LogP contribution is 2.29. The Labute approximate surface area is 177 Å². The van der Waals surface area contributed by atoms with Gasteiger partial charge in [-0.2, -0.15) is 0 Å². The summed E-state index contributed by atoms with van der Waals surface area (Å²) in [5, 5.41) is 0. The largest absolute Gasteiger partial charge is 0.462 e. The molecule has 0 aliphatic heterocycles. The van der Waals surface area contributed by atoms with Crippen LogP contribution in [0.3, 0.4) is 0 Å². The number of aromatic amines is 1. The SMILES string of the molecule is CCOC(=O)c1cc(-c2ccncc2)[nH]c1C(CN)Cc1ccccc1.Cl.Cl. The zero-order valence-electron chi connectivity index (χ0n) is 15.6. The van der Waals surface area contributed by atoms with Gasteiger partial charge in [0, 0.05) is 41.8 Å². The fourth-order valence-corrected chi connectivity index (χ4v) is 3.06. The Kier molecular flexibility index (Phi) is 9.73. The van der Waals surface area contributed by atoms with Crippen LogP contribution in [0.5, 0.6) is 0 Å². The molecule has 2 heterocycles. The number of carbonyl (C=O) groups is 1. The topological polar surface area (TPSA) is 81.0 Å². The number of nitrogens with one attached hydrogen (secondary N) is 1. The van der Waals surface area contributed by atoms with Crippen molar-refractivity contribution in [3.63, 3.8) is 0 Å². The summed E-state index contributed by atoms with van der Waals surface area (Å²) >= 11 is 0. The minimum absolute atomic E-state index is 0. The molecule has 3 N–H and O–H groups in total. The van der Waals surface area contributed by atoms with E-state index in [0.717, 1.165) is 23.4 Å². The Morgan fingerprint density at radius 2 is 1.82 bits per heavy atom. The molecule has 1 atom stereocenters. The van der Waals surface area contributed by atoms with Crippen molar-refractivity contribution in [3.8, 4) is 11.3 Å². The van der Waals surface area contributed by atoms with Crippen LogP contribution in [0.15, 0.2) is 60.9 Å². The van der Waals surface area contributed by atoms with Gasteiger partial charge in [0.15, 0.2) is 0 Å². The number of aromatic nitrogens is 2. The number of rotatable bonds is 7. The van der Waals surface area contributed by atoms with Crippen molar-refractivity contribution in [3.05, 3.63) is 77.7 Å². The van der Waals surface area contributed by atoms with Gasteiger partial charge in [-0.25, -0.2) is 4.79 Å². The van der Waals surface area contributed by atoms with Crippen molar-refractivity contribution >= 4 is 30.8 Å². The van der Waals surface area contributed by atoms with E-state index in [4.69, 9.17) is 10.5 Å². The van der Waals surface area contributed by atoms with Gasteiger partial charge in [-0.15, -0.1) is 24.8 Å². The molecule has 28 heavy (non-hydrogen) atoms.